The molecule has 0 amide bonds. The molecule has 0 bridgehead atoms. The van der Waals surface area contributed by atoms with Crippen molar-refractivity contribution < 1.29 is 37.3 Å². The zero-order valence-corrected chi connectivity index (χ0v) is 43.0. The van der Waals surface area contributed by atoms with Crippen molar-refractivity contribution in [1.29, 1.82) is 0 Å². The summed E-state index contributed by atoms with van der Waals surface area (Å²) < 4.78 is 35.2. The Kier molecular flexibility index (Phi) is 46.2. The van der Waals surface area contributed by atoms with Crippen molar-refractivity contribution in [2.45, 2.75) is 270 Å². The first-order valence-electron chi connectivity index (χ1n) is 26.9. The van der Waals surface area contributed by atoms with E-state index in [1.165, 1.54) is 212 Å². The molecule has 0 aliphatic rings. The van der Waals surface area contributed by atoms with Gasteiger partial charge in [-0.15, -0.1) is 0 Å². The lowest BCUT2D eigenvalue weighted by Gasteiger charge is -2.24. The van der Waals surface area contributed by atoms with Crippen molar-refractivity contribution in [2.24, 2.45) is 0 Å². The lowest BCUT2D eigenvalue weighted by atomic mass is 10.0. The normalized spacial score (nSPS) is 13.6. The number of carbonyl (C=O) groups is 1. The molecule has 0 aliphatic heterocycles. The number of hydrogen-bond donors (Lipinski definition) is 1. The van der Waals surface area contributed by atoms with Gasteiger partial charge < -0.3 is 18.9 Å². The smallest absolute Gasteiger partial charge is 0.457 e. The van der Waals surface area contributed by atoms with Gasteiger partial charge in [0, 0.05) is 13.0 Å². The number of unbranched alkanes of at least 4 members (excludes halogenated alkanes) is 35. The Morgan fingerprint density at radius 1 is 0.484 bits per heavy atom. The highest BCUT2D eigenvalue weighted by molar-refractivity contribution is 7.47. The van der Waals surface area contributed by atoms with Crippen LogP contribution in [0, 0.1) is 0 Å². The SMILES string of the molecule is CCCCCCCCCC/C=C\CCCCCCCCCCCC(=O)OC(COCCCCCCCCCCCCCCCCCCCCC)COP(=O)(O)OCC[N+](C)(C)C. The number of nitrogens with zero attached hydrogens (tertiary/aromatic N) is 1. The van der Waals surface area contributed by atoms with Crippen molar-refractivity contribution in [3.63, 3.8) is 0 Å². The molecule has 8 nitrogen and oxygen atoms in total. The van der Waals surface area contributed by atoms with Gasteiger partial charge in [-0.3, -0.25) is 13.8 Å². The predicted molar refractivity (Wildman–Crippen MR) is 266 cm³/mol. The van der Waals surface area contributed by atoms with E-state index in [1.807, 2.05) is 21.1 Å². The van der Waals surface area contributed by atoms with Crippen molar-refractivity contribution in [2.75, 3.05) is 54.1 Å². The van der Waals surface area contributed by atoms with Gasteiger partial charge in [0.05, 0.1) is 34.4 Å². The fraction of sp³-hybridized carbons (Fsp3) is 0.943. The summed E-state index contributed by atoms with van der Waals surface area (Å²) in [5.41, 5.74) is 0. The lowest BCUT2D eigenvalue weighted by Crippen LogP contribution is -2.37. The predicted octanol–water partition coefficient (Wildman–Crippen LogP) is 16.6. The number of carbonyl (C=O) groups excluding carboxylic acids is 1. The molecule has 0 aliphatic carbocycles. The molecule has 0 aromatic rings. The molecule has 0 heterocycles. The van der Waals surface area contributed by atoms with Crippen LogP contribution in [0.1, 0.15) is 264 Å². The second-order valence-corrected chi connectivity index (χ2v) is 21.1. The highest BCUT2D eigenvalue weighted by Gasteiger charge is 2.26. The van der Waals surface area contributed by atoms with Crippen LogP contribution in [0.15, 0.2) is 12.2 Å². The van der Waals surface area contributed by atoms with Crippen LogP contribution in [0.2, 0.25) is 0 Å². The molecule has 0 aromatic carbocycles. The summed E-state index contributed by atoms with van der Waals surface area (Å²) in [7, 11) is 1.68. The summed E-state index contributed by atoms with van der Waals surface area (Å²) in [5.74, 6) is -0.309. The summed E-state index contributed by atoms with van der Waals surface area (Å²) in [5, 5.41) is 0. The Morgan fingerprint density at radius 3 is 1.23 bits per heavy atom. The molecule has 1 N–H and O–H groups in total. The average Bonchev–Trinajstić information content (AvgIpc) is 3.23. The molecule has 370 valence electrons. The maximum atomic E-state index is 12.8. The fourth-order valence-corrected chi connectivity index (χ4v) is 8.65. The van der Waals surface area contributed by atoms with Gasteiger partial charge in [0.15, 0.2) is 0 Å². The molecule has 2 unspecified atom stereocenters. The van der Waals surface area contributed by atoms with E-state index in [4.69, 9.17) is 18.5 Å². The third-order valence-electron chi connectivity index (χ3n) is 12.1. The van der Waals surface area contributed by atoms with Gasteiger partial charge in [-0.05, 0) is 38.5 Å². The van der Waals surface area contributed by atoms with Gasteiger partial charge in [-0.2, -0.15) is 0 Å². The topological polar surface area (TPSA) is 91.3 Å². The highest BCUT2D eigenvalue weighted by Crippen LogP contribution is 2.43. The molecule has 0 spiro atoms. The number of likely N-dealkylation sites (N-methyl/N-ethyl adjacent to an activating group) is 1. The van der Waals surface area contributed by atoms with E-state index in [9.17, 15) is 14.3 Å². The first kappa shape index (κ1) is 61.2. The Morgan fingerprint density at radius 2 is 0.839 bits per heavy atom. The van der Waals surface area contributed by atoms with E-state index in [0.717, 1.165) is 32.1 Å². The molecule has 2 atom stereocenters. The summed E-state index contributed by atoms with van der Waals surface area (Å²) in [4.78, 5) is 23.0. The number of hydrogen-bond acceptors (Lipinski definition) is 6. The quantitative estimate of drug-likeness (QED) is 0.0214. The number of phosphoric acid groups is 1. The first-order valence-corrected chi connectivity index (χ1v) is 28.4. The van der Waals surface area contributed by atoms with Crippen LogP contribution in [-0.2, 0) is 27.9 Å². The third kappa shape index (κ3) is 50.2. The molecular formula is C53H107NO7P+. The van der Waals surface area contributed by atoms with E-state index in [1.54, 1.807) is 0 Å². The molecule has 0 saturated carbocycles. The Labute approximate surface area is 386 Å². The Balaban J connectivity index is 4.08. The first-order chi connectivity index (χ1) is 30.1. The number of rotatable bonds is 51. The van der Waals surface area contributed by atoms with Gasteiger partial charge in [-0.25, -0.2) is 4.57 Å². The molecule has 62 heavy (non-hydrogen) atoms. The van der Waals surface area contributed by atoms with Crippen LogP contribution in [-0.4, -0.2) is 75.6 Å². The van der Waals surface area contributed by atoms with Gasteiger partial charge in [0.2, 0.25) is 0 Å². The van der Waals surface area contributed by atoms with Crippen LogP contribution in [0.25, 0.3) is 0 Å². The zero-order chi connectivity index (χ0) is 45.5. The van der Waals surface area contributed by atoms with E-state index in [2.05, 4.69) is 26.0 Å². The summed E-state index contributed by atoms with van der Waals surface area (Å²) >= 11 is 0. The van der Waals surface area contributed by atoms with Gasteiger partial charge >= 0.3 is 13.8 Å². The van der Waals surface area contributed by atoms with Crippen LogP contribution in [0.5, 0.6) is 0 Å². The molecule has 0 fully saturated rings. The number of esters is 1. The van der Waals surface area contributed by atoms with Gasteiger partial charge in [-0.1, -0.05) is 231 Å². The summed E-state index contributed by atoms with van der Waals surface area (Å²) in [6.45, 7) is 5.69. The number of ether oxygens (including phenoxy) is 2. The molecule has 0 saturated heterocycles. The van der Waals surface area contributed by atoms with Crippen LogP contribution >= 0.6 is 7.82 Å². The second kappa shape index (κ2) is 46.8. The third-order valence-corrected chi connectivity index (χ3v) is 13.1. The standard InChI is InChI=1S/C53H106NO7P/c1-6-8-10-12-14-16-18-20-22-24-26-27-28-30-32-34-36-38-40-42-44-46-53(55)61-52(51-60-62(56,57)59-49-47-54(3,4)5)50-58-48-45-43-41-39-37-35-33-31-29-25-23-21-19-17-15-13-11-9-7-2/h24,26,52H,6-23,25,27-51H2,1-5H3/p+1/b26-24-. The van der Waals surface area contributed by atoms with E-state index < -0.39 is 13.9 Å². The minimum absolute atomic E-state index is 0.0920. The van der Waals surface area contributed by atoms with Crippen molar-refractivity contribution in [3.05, 3.63) is 12.2 Å². The Bertz CT molecular complexity index is 1000. The van der Waals surface area contributed by atoms with Crippen molar-refractivity contribution in [3.8, 4) is 0 Å². The molecule has 0 radical (unpaired) electrons. The maximum absolute atomic E-state index is 12.8. The Hall–Kier alpha value is -0.760. The minimum atomic E-state index is -4.28. The molecule has 0 aromatic heterocycles. The highest BCUT2D eigenvalue weighted by atomic mass is 31.2. The zero-order valence-electron chi connectivity index (χ0n) is 42.1. The average molecular weight is 901 g/mol. The second-order valence-electron chi connectivity index (χ2n) is 19.6. The van der Waals surface area contributed by atoms with Crippen LogP contribution in [0.3, 0.4) is 0 Å². The monoisotopic (exact) mass is 901 g/mol. The van der Waals surface area contributed by atoms with E-state index in [0.29, 0.717) is 24.1 Å². The van der Waals surface area contributed by atoms with E-state index >= 15 is 0 Å². The van der Waals surface area contributed by atoms with Crippen LogP contribution in [0.4, 0.5) is 0 Å². The number of quaternary nitrogens is 1. The summed E-state index contributed by atoms with van der Waals surface area (Å²) in [6.07, 6.45) is 54.0. The van der Waals surface area contributed by atoms with Gasteiger partial charge in [0.25, 0.3) is 0 Å². The van der Waals surface area contributed by atoms with Crippen molar-refractivity contribution >= 4 is 13.8 Å². The largest absolute Gasteiger partial charge is 0.472 e. The van der Waals surface area contributed by atoms with Crippen molar-refractivity contribution in [1.82, 2.24) is 0 Å². The van der Waals surface area contributed by atoms with Gasteiger partial charge in [0.1, 0.15) is 19.3 Å². The fourth-order valence-electron chi connectivity index (χ4n) is 7.90. The molecule has 0 rings (SSSR count). The number of phosphoric ester groups is 1. The summed E-state index contributed by atoms with van der Waals surface area (Å²) in [6, 6.07) is 0. The van der Waals surface area contributed by atoms with Crippen LogP contribution < -0.4 is 0 Å². The molecular weight excluding hydrogens is 794 g/mol. The lowest BCUT2D eigenvalue weighted by molar-refractivity contribution is -0.870. The molecule has 9 heteroatoms. The number of allylic oxidation sites excluding steroid dienone is 2. The minimum Gasteiger partial charge on any atom is -0.457 e. The van der Waals surface area contributed by atoms with E-state index in [-0.39, 0.29) is 25.8 Å². The maximum Gasteiger partial charge on any atom is 0.472 e.